The average Bonchev–Trinajstić information content (AvgIpc) is 2.97. The number of rotatable bonds is 3. The second-order valence-corrected chi connectivity index (χ2v) is 10.5. The topological polar surface area (TPSA) is 57.5 Å². The highest BCUT2D eigenvalue weighted by molar-refractivity contribution is 5.79. The molecule has 2 N–H and O–H groups in total. The average molecular weight is 373 g/mol. The number of aliphatic hydroxyl groups is 1. The zero-order chi connectivity index (χ0) is 19.4. The van der Waals surface area contributed by atoms with Crippen LogP contribution in [0.4, 0.5) is 0 Å². The Hall–Kier alpha value is -1.09. The van der Waals surface area contributed by atoms with Crippen LogP contribution in [0.25, 0.3) is 0 Å². The third-order valence-corrected chi connectivity index (χ3v) is 9.30. The summed E-state index contributed by atoms with van der Waals surface area (Å²) in [6.07, 6.45) is 15.0. The van der Waals surface area contributed by atoms with E-state index in [9.17, 15) is 9.90 Å². The summed E-state index contributed by atoms with van der Waals surface area (Å²) < 4.78 is 0. The highest BCUT2D eigenvalue weighted by Gasteiger charge is 2.57. The molecular weight excluding hydrogens is 336 g/mol. The Kier molecular flexibility index (Phi) is 4.81. The molecule has 150 valence electrons. The van der Waals surface area contributed by atoms with Gasteiger partial charge in [-0.25, -0.2) is 4.79 Å². The lowest BCUT2D eigenvalue weighted by Gasteiger charge is -2.57. The molecule has 0 bridgehead atoms. The fourth-order valence-corrected chi connectivity index (χ4v) is 7.76. The Labute approximate surface area is 163 Å². The number of carboxylic acids is 1. The third kappa shape index (κ3) is 3.01. The lowest BCUT2D eigenvalue weighted by Crippen LogP contribution is -2.49. The number of aliphatic carboxylic acids is 1. The SMILES string of the molecule is C[C@H](/C=C/C(=O)O)[C@H]1CC[C@H]2C3=CC[C@H]4C[C@@H](O)CCC4(C)[C@H]3CC[C@]12C. The Bertz CT molecular complexity index is 665. The van der Waals surface area contributed by atoms with Gasteiger partial charge in [0.15, 0.2) is 0 Å². The molecule has 0 spiro atoms. The minimum Gasteiger partial charge on any atom is -0.478 e. The van der Waals surface area contributed by atoms with Gasteiger partial charge in [-0.15, -0.1) is 0 Å². The van der Waals surface area contributed by atoms with E-state index in [0.717, 1.165) is 19.3 Å². The van der Waals surface area contributed by atoms with Crippen molar-refractivity contribution in [2.75, 3.05) is 0 Å². The van der Waals surface area contributed by atoms with Crippen LogP contribution < -0.4 is 0 Å². The van der Waals surface area contributed by atoms with Gasteiger partial charge in [0, 0.05) is 6.08 Å². The van der Waals surface area contributed by atoms with Crippen molar-refractivity contribution in [1.29, 1.82) is 0 Å². The molecule has 3 nitrogen and oxygen atoms in total. The van der Waals surface area contributed by atoms with Crippen molar-refractivity contribution in [1.82, 2.24) is 0 Å². The van der Waals surface area contributed by atoms with Crippen LogP contribution in [-0.4, -0.2) is 22.3 Å². The second kappa shape index (κ2) is 6.76. The summed E-state index contributed by atoms with van der Waals surface area (Å²) in [5, 5.41) is 19.2. The monoisotopic (exact) mass is 372 g/mol. The standard InChI is InChI=1S/C24H36O3/c1-15(4-9-22(26)27)19-7-8-20-18-6-5-16-14-17(25)10-12-23(16,2)21(18)11-13-24(19,20)3/h4,6,9,15-17,19-21,25H,5,7-8,10-14H2,1-3H3,(H,26,27)/b9-4+/t15-,16+,17+,19-,20+,21+,23?,24-/m1/s1. The van der Waals surface area contributed by atoms with E-state index < -0.39 is 5.97 Å². The van der Waals surface area contributed by atoms with Crippen LogP contribution >= 0.6 is 0 Å². The van der Waals surface area contributed by atoms with Gasteiger partial charge in [-0.2, -0.15) is 0 Å². The van der Waals surface area contributed by atoms with Gasteiger partial charge in [0.2, 0.25) is 0 Å². The summed E-state index contributed by atoms with van der Waals surface area (Å²) in [6.45, 7) is 7.20. The summed E-state index contributed by atoms with van der Waals surface area (Å²) in [5.74, 6) is 2.09. The molecule has 3 fully saturated rings. The molecule has 0 aromatic rings. The highest BCUT2D eigenvalue weighted by Crippen LogP contribution is 2.66. The molecule has 0 aliphatic heterocycles. The lowest BCUT2D eigenvalue weighted by molar-refractivity contribution is -0.131. The molecule has 4 aliphatic rings. The highest BCUT2D eigenvalue weighted by atomic mass is 16.4. The number of fused-ring (bicyclic) bond motifs is 5. The molecule has 0 heterocycles. The van der Waals surface area contributed by atoms with Crippen molar-refractivity contribution in [3.63, 3.8) is 0 Å². The van der Waals surface area contributed by atoms with Crippen molar-refractivity contribution in [3.05, 3.63) is 23.8 Å². The Morgan fingerprint density at radius 1 is 1.15 bits per heavy atom. The number of carbonyl (C=O) groups is 1. The molecule has 3 saturated carbocycles. The first kappa shape index (κ1) is 19.2. The van der Waals surface area contributed by atoms with Crippen LogP contribution in [-0.2, 0) is 4.79 Å². The fraction of sp³-hybridized carbons (Fsp3) is 0.792. The van der Waals surface area contributed by atoms with Crippen LogP contribution in [0.1, 0.15) is 72.1 Å². The molecule has 4 rings (SSSR count). The molecule has 8 atom stereocenters. The molecule has 0 aromatic heterocycles. The number of hydrogen-bond acceptors (Lipinski definition) is 2. The van der Waals surface area contributed by atoms with Gasteiger partial charge in [0.05, 0.1) is 6.10 Å². The van der Waals surface area contributed by atoms with Crippen LogP contribution in [0.3, 0.4) is 0 Å². The van der Waals surface area contributed by atoms with Crippen LogP contribution in [0, 0.1) is 40.4 Å². The summed E-state index contributed by atoms with van der Waals surface area (Å²) in [6, 6.07) is 0. The van der Waals surface area contributed by atoms with Crippen molar-refractivity contribution < 1.29 is 15.0 Å². The summed E-state index contributed by atoms with van der Waals surface area (Å²) in [7, 11) is 0. The van der Waals surface area contributed by atoms with Gasteiger partial charge in [0.25, 0.3) is 0 Å². The first-order valence-electron chi connectivity index (χ1n) is 11.0. The molecular formula is C24H36O3. The van der Waals surface area contributed by atoms with Crippen molar-refractivity contribution in [2.24, 2.45) is 40.4 Å². The van der Waals surface area contributed by atoms with Crippen molar-refractivity contribution in [3.8, 4) is 0 Å². The molecule has 1 unspecified atom stereocenters. The minimum absolute atomic E-state index is 0.0929. The molecule has 0 amide bonds. The first-order chi connectivity index (χ1) is 12.8. The van der Waals surface area contributed by atoms with E-state index in [4.69, 9.17) is 5.11 Å². The third-order valence-electron chi connectivity index (χ3n) is 9.30. The lowest BCUT2D eigenvalue weighted by atomic mass is 9.47. The maximum atomic E-state index is 10.9. The maximum Gasteiger partial charge on any atom is 0.327 e. The second-order valence-electron chi connectivity index (χ2n) is 10.5. The van der Waals surface area contributed by atoms with Gasteiger partial charge in [-0.1, -0.05) is 38.5 Å². The van der Waals surface area contributed by atoms with E-state index in [1.165, 1.54) is 38.2 Å². The fourth-order valence-electron chi connectivity index (χ4n) is 7.76. The minimum atomic E-state index is -0.835. The summed E-state index contributed by atoms with van der Waals surface area (Å²) >= 11 is 0. The van der Waals surface area contributed by atoms with Gasteiger partial charge >= 0.3 is 5.97 Å². The van der Waals surface area contributed by atoms with Crippen LogP contribution in [0.2, 0.25) is 0 Å². The van der Waals surface area contributed by atoms with Crippen molar-refractivity contribution in [2.45, 2.75) is 78.2 Å². The molecule has 0 aromatic carbocycles. The zero-order valence-electron chi connectivity index (χ0n) is 17.2. The quantitative estimate of drug-likeness (QED) is 0.528. The van der Waals surface area contributed by atoms with E-state index in [1.807, 2.05) is 6.08 Å². The molecule has 4 aliphatic carbocycles. The van der Waals surface area contributed by atoms with E-state index >= 15 is 0 Å². The van der Waals surface area contributed by atoms with E-state index in [2.05, 4.69) is 26.8 Å². The predicted molar refractivity (Wildman–Crippen MR) is 107 cm³/mol. The van der Waals surface area contributed by atoms with Crippen LogP contribution in [0.15, 0.2) is 23.8 Å². The number of aliphatic hydroxyl groups excluding tert-OH is 1. The van der Waals surface area contributed by atoms with E-state index in [-0.39, 0.29) is 6.10 Å². The normalized spacial score (nSPS) is 47.7. The maximum absolute atomic E-state index is 10.9. The number of hydrogen-bond donors (Lipinski definition) is 2. The largest absolute Gasteiger partial charge is 0.478 e. The van der Waals surface area contributed by atoms with Gasteiger partial charge in [-0.05, 0) is 91.8 Å². The number of allylic oxidation sites excluding steroid dienone is 3. The number of carboxylic acid groups (broad SMARTS) is 1. The Balaban J connectivity index is 1.59. The predicted octanol–water partition coefficient (Wildman–Crippen LogP) is 5.20. The first-order valence-corrected chi connectivity index (χ1v) is 11.0. The van der Waals surface area contributed by atoms with Gasteiger partial charge < -0.3 is 10.2 Å². The van der Waals surface area contributed by atoms with E-state index in [1.54, 1.807) is 5.57 Å². The van der Waals surface area contributed by atoms with E-state index in [0.29, 0.717) is 40.4 Å². The Morgan fingerprint density at radius 3 is 2.59 bits per heavy atom. The molecule has 0 saturated heterocycles. The van der Waals surface area contributed by atoms with Crippen molar-refractivity contribution >= 4 is 5.97 Å². The van der Waals surface area contributed by atoms with Crippen LogP contribution in [0.5, 0.6) is 0 Å². The molecule has 27 heavy (non-hydrogen) atoms. The van der Waals surface area contributed by atoms with Gasteiger partial charge in [-0.3, -0.25) is 0 Å². The summed E-state index contributed by atoms with van der Waals surface area (Å²) in [5.41, 5.74) is 2.41. The molecule has 0 radical (unpaired) electrons. The smallest absolute Gasteiger partial charge is 0.327 e. The Morgan fingerprint density at radius 2 is 1.85 bits per heavy atom. The zero-order valence-corrected chi connectivity index (χ0v) is 17.2. The summed E-state index contributed by atoms with van der Waals surface area (Å²) in [4.78, 5) is 10.9. The van der Waals surface area contributed by atoms with Gasteiger partial charge in [0.1, 0.15) is 0 Å². The molecule has 3 heteroatoms.